The van der Waals surface area contributed by atoms with E-state index in [0.717, 1.165) is 49.1 Å². The van der Waals surface area contributed by atoms with Crippen molar-refractivity contribution in [3.05, 3.63) is 83.9 Å². The van der Waals surface area contributed by atoms with Crippen molar-refractivity contribution >= 4 is 41.5 Å². The van der Waals surface area contributed by atoms with Crippen molar-refractivity contribution < 1.29 is 4.79 Å². The van der Waals surface area contributed by atoms with E-state index in [0.29, 0.717) is 13.0 Å². The number of aliphatic imine (C=N–C) groups is 1. The van der Waals surface area contributed by atoms with Gasteiger partial charge in [-0.3, -0.25) is 9.79 Å². The Morgan fingerprint density at radius 3 is 2.76 bits per heavy atom. The molecule has 0 bridgehead atoms. The molecule has 1 amide bonds. The lowest BCUT2D eigenvalue weighted by molar-refractivity contribution is -0.116. The largest absolute Gasteiger partial charge is 0.357 e. The lowest BCUT2D eigenvalue weighted by Crippen LogP contribution is -2.39. The van der Waals surface area contributed by atoms with E-state index in [1.165, 1.54) is 5.56 Å². The van der Waals surface area contributed by atoms with Crippen LogP contribution in [0.2, 0.25) is 0 Å². The van der Waals surface area contributed by atoms with Crippen LogP contribution in [0, 0.1) is 0 Å². The molecule has 3 N–H and O–H groups in total. The van der Waals surface area contributed by atoms with Gasteiger partial charge in [0.1, 0.15) is 5.82 Å². The molecule has 174 valence electrons. The van der Waals surface area contributed by atoms with Crippen LogP contribution in [0.4, 0.5) is 5.69 Å². The van der Waals surface area contributed by atoms with Gasteiger partial charge in [0.05, 0.1) is 6.54 Å². The highest BCUT2D eigenvalue weighted by Gasteiger charge is 2.24. The van der Waals surface area contributed by atoms with Gasteiger partial charge in [0.25, 0.3) is 0 Å². The second kappa shape index (κ2) is 12.4. The maximum absolute atomic E-state index is 12.1. The van der Waals surface area contributed by atoms with Crippen molar-refractivity contribution in [3.63, 3.8) is 0 Å². The van der Waals surface area contributed by atoms with Gasteiger partial charge in [0.15, 0.2) is 5.96 Å². The molecule has 0 saturated heterocycles. The number of fused-ring (bicyclic) bond motifs is 1. The maximum Gasteiger partial charge on any atom is 0.225 e. The lowest BCUT2D eigenvalue weighted by atomic mass is 9.91. The Kier molecular flexibility index (Phi) is 9.29. The molecule has 1 unspecified atom stereocenters. The fourth-order valence-electron chi connectivity index (χ4n) is 3.99. The molecule has 1 aliphatic rings. The summed E-state index contributed by atoms with van der Waals surface area (Å²) in [4.78, 5) is 21.4. The van der Waals surface area contributed by atoms with E-state index >= 15 is 0 Å². The molecule has 33 heavy (non-hydrogen) atoms. The second-order valence-electron chi connectivity index (χ2n) is 7.89. The van der Waals surface area contributed by atoms with Crippen molar-refractivity contribution in [1.29, 1.82) is 0 Å². The standard InChI is InChI=1S/C25H30N6O.HI/c1-2-26-25(29-17-20-16-24(32)30-22-11-7-6-10-21(20)22)28-13-12-23-27-14-15-31(23)18-19-8-4-3-5-9-19;/h3-11,14-15,20H,2,12-13,16-18H2,1H3,(H,30,32)(H2,26,28,29);1H. The summed E-state index contributed by atoms with van der Waals surface area (Å²) in [5.74, 6) is 1.93. The van der Waals surface area contributed by atoms with Gasteiger partial charge in [-0.25, -0.2) is 4.98 Å². The number of carbonyl (C=O) groups excluding carboxylic acids is 1. The predicted octanol–water partition coefficient (Wildman–Crippen LogP) is 3.77. The average Bonchev–Trinajstić information content (AvgIpc) is 3.24. The highest BCUT2D eigenvalue weighted by atomic mass is 127. The highest BCUT2D eigenvalue weighted by Crippen LogP contribution is 2.31. The van der Waals surface area contributed by atoms with Gasteiger partial charge in [0, 0.05) is 56.5 Å². The summed E-state index contributed by atoms with van der Waals surface area (Å²) in [5.41, 5.74) is 3.30. The van der Waals surface area contributed by atoms with E-state index in [2.05, 4.69) is 55.8 Å². The van der Waals surface area contributed by atoms with Crippen LogP contribution in [0.3, 0.4) is 0 Å². The van der Waals surface area contributed by atoms with Crippen LogP contribution in [-0.4, -0.2) is 41.1 Å². The molecule has 1 aromatic heterocycles. The van der Waals surface area contributed by atoms with E-state index in [1.807, 2.05) is 43.6 Å². The smallest absolute Gasteiger partial charge is 0.225 e. The molecule has 2 aromatic carbocycles. The number of halogens is 1. The summed E-state index contributed by atoms with van der Waals surface area (Å²) in [7, 11) is 0. The van der Waals surface area contributed by atoms with Gasteiger partial charge in [-0.05, 0) is 24.1 Å². The fourth-order valence-corrected chi connectivity index (χ4v) is 3.99. The van der Waals surface area contributed by atoms with E-state index in [9.17, 15) is 4.79 Å². The minimum Gasteiger partial charge on any atom is -0.357 e. The molecule has 7 nitrogen and oxygen atoms in total. The minimum atomic E-state index is 0. The number of aromatic nitrogens is 2. The number of para-hydroxylation sites is 1. The lowest BCUT2D eigenvalue weighted by Gasteiger charge is -2.24. The second-order valence-corrected chi connectivity index (χ2v) is 7.89. The van der Waals surface area contributed by atoms with Gasteiger partial charge >= 0.3 is 0 Å². The SMILES string of the molecule is CCNC(=NCC1CC(=O)Nc2ccccc21)NCCc1nccn1Cc1ccccc1.I. The Bertz CT molecular complexity index is 1070. The Hall–Kier alpha value is -2.88. The molecule has 0 fully saturated rings. The number of hydrogen-bond donors (Lipinski definition) is 3. The first-order valence-corrected chi connectivity index (χ1v) is 11.2. The highest BCUT2D eigenvalue weighted by molar-refractivity contribution is 14.0. The van der Waals surface area contributed by atoms with E-state index in [4.69, 9.17) is 4.99 Å². The quantitative estimate of drug-likeness (QED) is 0.223. The number of amides is 1. The topological polar surface area (TPSA) is 83.3 Å². The number of nitrogens with one attached hydrogen (secondary N) is 3. The molecule has 0 spiro atoms. The van der Waals surface area contributed by atoms with Crippen LogP contribution in [0.15, 0.2) is 72.0 Å². The molecule has 0 radical (unpaired) electrons. The third-order valence-corrected chi connectivity index (χ3v) is 5.56. The van der Waals surface area contributed by atoms with Gasteiger partial charge in [-0.2, -0.15) is 0 Å². The Labute approximate surface area is 212 Å². The Morgan fingerprint density at radius 2 is 1.94 bits per heavy atom. The number of carbonyl (C=O) groups is 1. The van der Waals surface area contributed by atoms with Crippen molar-refractivity contribution in [2.75, 3.05) is 25.0 Å². The summed E-state index contributed by atoms with van der Waals surface area (Å²) in [6, 6.07) is 18.4. The zero-order chi connectivity index (χ0) is 22.2. The summed E-state index contributed by atoms with van der Waals surface area (Å²) >= 11 is 0. The molecular formula is C25H31IN6O. The van der Waals surface area contributed by atoms with Gasteiger partial charge in [-0.1, -0.05) is 48.5 Å². The van der Waals surface area contributed by atoms with Crippen LogP contribution in [0.5, 0.6) is 0 Å². The zero-order valence-corrected chi connectivity index (χ0v) is 21.2. The number of hydrogen-bond acceptors (Lipinski definition) is 3. The Balaban J connectivity index is 0.00000306. The minimum absolute atomic E-state index is 0. The summed E-state index contributed by atoms with van der Waals surface area (Å²) in [5, 5.41) is 9.66. The van der Waals surface area contributed by atoms with Crippen molar-refractivity contribution in [2.24, 2.45) is 4.99 Å². The zero-order valence-electron chi connectivity index (χ0n) is 18.8. The third-order valence-electron chi connectivity index (χ3n) is 5.56. The van der Waals surface area contributed by atoms with Crippen molar-refractivity contribution in [2.45, 2.75) is 32.2 Å². The van der Waals surface area contributed by atoms with E-state index in [-0.39, 0.29) is 35.8 Å². The van der Waals surface area contributed by atoms with Crippen LogP contribution in [0.1, 0.15) is 36.2 Å². The molecule has 4 rings (SSSR count). The van der Waals surface area contributed by atoms with E-state index in [1.54, 1.807) is 0 Å². The molecule has 1 atom stereocenters. The van der Waals surface area contributed by atoms with Crippen LogP contribution in [0.25, 0.3) is 0 Å². The first-order chi connectivity index (χ1) is 15.7. The maximum atomic E-state index is 12.1. The van der Waals surface area contributed by atoms with Crippen molar-refractivity contribution in [3.8, 4) is 0 Å². The fraction of sp³-hybridized carbons (Fsp3) is 0.320. The monoisotopic (exact) mass is 558 g/mol. The van der Waals surface area contributed by atoms with Gasteiger partial charge in [-0.15, -0.1) is 24.0 Å². The number of nitrogens with zero attached hydrogens (tertiary/aromatic N) is 3. The average molecular weight is 558 g/mol. The first-order valence-electron chi connectivity index (χ1n) is 11.2. The predicted molar refractivity (Wildman–Crippen MR) is 143 cm³/mol. The number of guanidine groups is 1. The number of imidazole rings is 1. The summed E-state index contributed by atoms with van der Waals surface area (Å²) in [6.45, 7) is 4.92. The molecule has 0 aliphatic carbocycles. The summed E-state index contributed by atoms with van der Waals surface area (Å²) in [6.07, 6.45) is 5.12. The van der Waals surface area contributed by atoms with Crippen LogP contribution in [-0.2, 0) is 17.8 Å². The van der Waals surface area contributed by atoms with E-state index < -0.39 is 0 Å². The first kappa shape index (κ1) is 24.8. The van der Waals surface area contributed by atoms with Gasteiger partial charge < -0.3 is 20.5 Å². The summed E-state index contributed by atoms with van der Waals surface area (Å²) < 4.78 is 2.18. The third kappa shape index (κ3) is 6.80. The molecule has 8 heteroatoms. The van der Waals surface area contributed by atoms with Crippen LogP contribution >= 0.6 is 24.0 Å². The molecule has 2 heterocycles. The van der Waals surface area contributed by atoms with Crippen molar-refractivity contribution in [1.82, 2.24) is 20.2 Å². The van der Waals surface area contributed by atoms with Gasteiger partial charge in [0.2, 0.25) is 5.91 Å². The Morgan fingerprint density at radius 1 is 1.15 bits per heavy atom. The number of anilines is 1. The molecule has 0 saturated carbocycles. The normalized spacial score (nSPS) is 15.2. The number of benzene rings is 2. The van der Waals surface area contributed by atoms with Crippen LogP contribution < -0.4 is 16.0 Å². The number of rotatable bonds is 8. The molecule has 1 aliphatic heterocycles. The molecular weight excluding hydrogens is 527 g/mol. The molecule has 3 aromatic rings.